The van der Waals surface area contributed by atoms with E-state index in [1.165, 1.54) is 0 Å². The summed E-state index contributed by atoms with van der Waals surface area (Å²) >= 11 is 0. The Bertz CT molecular complexity index is 492. The summed E-state index contributed by atoms with van der Waals surface area (Å²) in [7, 11) is 4.89. The molecule has 1 fully saturated rings. The van der Waals surface area contributed by atoms with Crippen LogP contribution in [0, 0.1) is 5.92 Å². The molecule has 2 atom stereocenters. The summed E-state index contributed by atoms with van der Waals surface area (Å²) in [5, 5.41) is 10.3. The standard InChI is InChI=1S/C17H27NO4/c1-5-18-7-6-14(19)13(11-18)8-12-9-16(21-3)17(22-4)10-15(12)20-2/h9-10,13-14,19H,5-8,11H2,1-4H3. The summed E-state index contributed by atoms with van der Waals surface area (Å²) in [4.78, 5) is 2.38. The zero-order valence-corrected chi connectivity index (χ0v) is 14.0. The Morgan fingerprint density at radius 2 is 1.73 bits per heavy atom. The molecule has 0 aromatic heterocycles. The molecular weight excluding hydrogens is 282 g/mol. The Morgan fingerprint density at radius 3 is 2.32 bits per heavy atom. The Labute approximate surface area is 132 Å². The van der Waals surface area contributed by atoms with Crippen molar-refractivity contribution in [2.45, 2.75) is 25.9 Å². The molecule has 124 valence electrons. The molecule has 5 heteroatoms. The van der Waals surface area contributed by atoms with Crippen molar-refractivity contribution in [2.24, 2.45) is 5.92 Å². The molecule has 0 saturated carbocycles. The number of benzene rings is 1. The van der Waals surface area contributed by atoms with E-state index in [4.69, 9.17) is 14.2 Å². The van der Waals surface area contributed by atoms with Crippen molar-refractivity contribution in [1.82, 2.24) is 4.90 Å². The van der Waals surface area contributed by atoms with E-state index in [1.54, 1.807) is 21.3 Å². The van der Waals surface area contributed by atoms with Gasteiger partial charge in [0.1, 0.15) is 5.75 Å². The maximum Gasteiger partial charge on any atom is 0.164 e. The fraction of sp³-hybridized carbons (Fsp3) is 0.647. The van der Waals surface area contributed by atoms with Gasteiger partial charge in [-0.15, -0.1) is 0 Å². The highest BCUT2D eigenvalue weighted by Crippen LogP contribution is 2.36. The van der Waals surface area contributed by atoms with Gasteiger partial charge in [0.15, 0.2) is 11.5 Å². The van der Waals surface area contributed by atoms with Gasteiger partial charge in [0.25, 0.3) is 0 Å². The Balaban J connectivity index is 2.23. The molecule has 22 heavy (non-hydrogen) atoms. The van der Waals surface area contributed by atoms with Crippen LogP contribution >= 0.6 is 0 Å². The third kappa shape index (κ3) is 3.65. The number of piperidine rings is 1. The maximum absolute atomic E-state index is 10.3. The molecule has 0 aliphatic carbocycles. The first-order chi connectivity index (χ1) is 10.6. The second kappa shape index (κ2) is 7.70. The third-order valence-electron chi connectivity index (χ3n) is 4.49. The minimum atomic E-state index is -0.263. The lowest BCUT2D eigenvalue weighted by Crippen LogP contribution is -2.43. The van der Waals surface area contributed by atoms with E-state index in [1.807, 2.05) is 12.1 Å². The lowest BCUT2D eigenvalue weighted by Gasteiger charge is -2.36. The van der Waals surface area contributed by atoms with Crippen molar-refractivity contribution in [3.8, 4) is 17.2 Å². The summed E-state index contributed by atoms with van der Waals surface area (Å²) in [6.45, 7) is 5.06. The predicted molar refractivity (Wildman–Crippen MR) is 86.0 cm³/mol. The summed E-state index contributed by atoms with van der Waals surface area (Å²) in [6, 6.07) is 3.80. The van der Waals surface area contributed by atoms with E-state index in [0.29, 0.717) is 11.5 Å². The largest absolute Gasteiger partial charge is 0.496 e. The summed E-state index contributed by atoms with van der Waals surface area (Å²) < 4.78 is 16.2. The summed E-state index contributed by atoms with van der Waals surface area (Å²) in [6.07, 6.45) is 1.33. The van der Waals surface area contributed by atoms with Gasteiger partial charge in [0.05, 0.1) is 27.4 Å². The van der Waals surface area contributed by atoms with Crippen LogP contribution in [0.15, 0.2) is 12.1 Å². The zero-order valence-electron chi connectivity index (χ0n) is 14.0. The van der Waals surface area contributed by atoms with Gasteiger partial charge < -0.3 is 24.2 Å². The van der Waals surface area contributed by atoms with E-state index in [0.717, 1.165) is 43.8 Å². The maximum atomic E-state index is 10.3. The number of methoxy groups -OCH3 is 3. The third-order valence-corrected chi connectivity index (χ3v) is 4.49. The molecule has 1 heterocycles. The van der Waals surface area contributed by atoms with E-state index in [2.05, 4.69) is 11.8 Å². The molecule has 1 saturated heterocycles. The first-order valence-electron chi connectivity index (χ1n) is 7.82. The van der Waals surface area contributed by atoms with Gasteiger partial charge in [0, 0.05) is 25.1 Å². The molecule has 2 rings (SSSR count). The van der Waals surface area contributed by atoms with Crippen LogP contribution < -0.4 is 14.2 Å². The number of likely N-dealkylation sites (tertiary alicyclic amines) is 1. The molecule has 2 unspecified atom stereocenters. The first-order valence-corrected chi connectivity index (χ1v) is 7.82. The van der Waals surface area contributed by atoms with Crippen molar-refractivity contribution in [3.05, 3.63) is 17.7 Å². The van der Waals surface area contributed by atoms with Crippen molar-refractivity contribution >= 4 is 0 Å². The molecule has 0 spiro atoms. The van der Waals surface area contributed by atoms with Crippen LogP contribution in [0.25, 0.3) is 0 Å². The van der Waals surface area contributed by atoms with Gasteiger partial charge in [-0.25, -0.2) is 0 Å². The summed E-state index contributed by atoms with van der Waals surface area (Å²) in [5.41, 5.74) is 1.04. The number of ether oxygens (including phenoxy) is 3. The van der Waals surface area contributed by atoms with Crippen LogP contribution in [0.4, 0.5) is 0 Å². The SMILES string of the molecule is CCN1CCC(O)C(Cc2cc(OC)c(OC)cc2OC)C1. The first kappa shape index (κ1) is 16.9. The smallest absolute Gasteiger partial charge is 0.164 e. The number of rotatable bonds is 6. The normalized spacial score (nSPS) is 22.4. The van der Waals surface area contributed by atoms with Gasteiger partial charge in [-0.2, -0.15) is 0 Å². The Hall–Kier alpha value is -1.46. The molecule has 0 amide bonds. The van der Waals surface area contributed by atoms with Crippen molar-refractivity contribution in [3.63, 3.8) is 0 Å². The number of hydrogen-bond acceptors (Lipinski definition) is 5. The van der Waals surface area contributed by atoms with Gasteiger partial charge in [0.2, 0.25) is 0 Å². The van der Waals surface area contributed by atoms with Crippen molar-refractivity contribution < 1.29 is 19.3 Å². The minimum Gasteiger partial charge on any atom is -0.496 e. The van der Waals surface area contributed by atoms with Crippen LogP contribution in [0.1, 0.15) is 18.9 Å². The lowest BCUT2D eigenvalue weighted by atomic mass is 9.88. The van der Waals surface area contributed by atoms with Crippen LogP contribution in [0.5, 0.6) is 17.2 Å². The summed E-state index contributed by atoms with van der Waals surface area (Å²) in [5.74, 6) is 2.33. The van der Waals surface area contributed by atoms with Crippen LogP contribution in [0.2, 0.25) is 0 Å². The fourth-order valence-corrected chi connectivity index (χ4v) is 3.12. The van der Waals surface area contributed by atoms with E-state index in [9.17, 15) is 5.11 Å². The molecule has 5 nitrogen and oxygen atoms in total. The predicted octanol–water partition coefficient (Wildman–Crippen LogP) is 1.96. The highest BCUT2D eigenvalue weighted by atomic mass is 16.5. The van der Waals surface area contributed by atoms with Gasteiger partial charge >= 0.3 is 0 Å². The number of hydrogen-bond donors (Lipinski definition) is 1. The van der Waals surface area contributed by atoms with Crippen LogP contribution in [-0.4, -0.2) is 57.1 Å². The molecular formula is C17H27NO4. The second-order valence-corrected chi connectivity index (χ2v) is 5.73. The van der Waals surface area contributed by atoms with Gasteiger partial charge in [-0.1, -0.05) is 6.92 Å². The Kier molecular flexibility index (Phi) is 5.91. The monoisotopic (exact) mass is 309 g/mol. The van der Waals surface area contributed by atoms with E-state index < -0.39 is 0 Å². The van der Waals surface area contributed by atoms with Gasteiger partial charge in [-0.3, -0.25) is 0 Å². The van der Waals surface area contributed by atoms with Gasteiger partial charge in [-0.05, 0) is 31.0 Å². The minimum absolute atomic E-state index is 0.209. The van der Waals surface area contributed by atoms with Crippen LogP contribution in [0.3, 0.4) is 0 Å². The number of aliphatic hydroxyl groups is 1. The zero-order chi connectivity index (χ0) is 16.1. The fourth-order valence-electron chi connectivity index (χ4n) is 3.12. The lowest BCUT2D eigenvalue weighted by molar-refractivity contribution is 0.0288. The molecule has 1 N–H and O–H groups in total. The highest BCUT2D eigenvalue weighted by molar-refractivity contribution is 5.50. The quantitative estimate of drug-likeness (QED) is 0.870. The number of aliphatic hydroxyl groups excluding tert-OH is 1. The van der Waals surface area contributed by atoms with Crippen LogP contribution in [-0.2, 0) is 6.42 Å². The van der Waals surface area contributed by atoms with Crippen molar-refractivity contribution in [2.75, 3.05) is 41.0 Å². The average Bonchev–Trinajstić information content (AvgIpc) is 2.56. The molecule has 0 radical (unpaired) electrons. The molecule has 1 aliphatic rings. The Morgan fingerprint density at radius 1 is 1.09 bits per heavy atom. The molecule has 1 aromatic rings. The molecule has 1 aromatic carbocycles. The van der Waals surface area contributed by atoms with E-state index in [-0.39, 0.29) is 12.0 Å². The molecule has 1 aliphatic heterocycles. The second-order valence-electron chi connectivity index (χ2n) is 5.73. The topological polar surface area (TPSA) is 51.2 Å². The molecule has 0 bridgehead atoms. The van der Waals surface area contributed by atoms with E-state index >= 15 is 0 Å². The van der Waals surface area contributed by atoms with Crippen molar-refractivity contribution in [1.29, 1.82) is 0 Å². The number of nitrogens with zero attached hydrogens (tertiary/aromatic N) is 1. The average molecular weight is 309 g/mol. The highest BCUT2D eigenvalue weighted by Gasteiger charge is 2.28.